The number of hydrogen-bond donors (Lipinski definition) is 1. The van der Waals surface area contributed by atoms with E-state index in [2.05, 4.69) is 63.7 Å². The number of halogens is 1. The summed E-state index contributed by atoms with van der Waals surface area (Å²) in [5, 5.41) is 3.32. The van der Waals surface area contributed by atoms with Gasteiger partial charge in [0.2, 0.25) is 0 Å². The second-order valence-electron chi connectivity index (χ2n) is 3.75. The summed E-state index contributed by atoms with van der Waals surface area (Å²) in [6.45, 7) is 0. The summed E-state index contributed by atoms with van der Waals surface area (Å²) in [5.41, 5.74) is 4.95. The monoisotopic (exact) mass is 271 g/mol. The van der Waals surface area contributed by atoms with Crippen molar-refractivity contribution < 1.29 is 0 Å². The molecule has 1 aliphatic carbocycles. The molecule has 16 heavy (non-hydrogen) atoms. The molecule has 0 radical (unpaired) electrons. The molecule has 1 N–H and O–H groups in total. The number of benzene rings is 1. The molecule has 0 saturated heterocycles. The molecule has 0 amide bonds. The molecule has 2 heteroatoms. The number of rotatable bonds is 0. The van der Waals surface area contributed by atoms with E-state index in [0.29, 0.717) is 0 Å². The fraction of sp³-hybridized carbons (Fsp3) is 0. The molecular formula is C14H10BrN. The van der Waals surface area contributed by atoms with Gasteiger partial charge in [0.1, 0.15) is 0 Å². The van der Waals surface area contributed by atoms with Crippen LogP contribution in [0.1, 0.15) is 11.1 Å². The molecule has 0 atom stereocenters. The quantitative estimate of drug-likeness (QED) is 0.708. The maximum absolute atomic E-state index is 3.46. The number of hydrogen-bond acceptors (Lipinski definition) is 1. The predicted molar refractivity (Wildman–Crippen MR) is 71.7 cm³/mol. The van der Waals surface area contributed by atoms with E-state index in [-0.39, 0.29) is 0 Å². The Morgan fingerprint density at radius 1 is 1.00 bits per heavy atom. The van der Waals surface area contributed by atoms with E-state index in [1.54, 1.807) is 0 Å². The highest BCUT2D eigenvalue weighted by Gasteiger charge is 2.14. The fourth-order valence-corrected chi connectivity index (χ4v) is 2.35. The van der Waals surface area contributed by atoms with Crippen molar-refractivity contribution in [2.45, 2.75) is 0 Å². The van der Waals surface area contributed by atoms with Gasteiger partial charge in [0.15, 0.2) is 0 Å². The third-order valence-electron chi connectivity index (χ3n) is 2.73. The van der Waals surface area contributed by atoms with Crippen LogP contribution in [-0.2, 0) is 0 Å². The van der Waals surface area contributed by atoms with E-state index in [1.807, 2.05) is 12.2 Å². The molecule has 0 saturated carbocycles. The van der Waals surface area contributed by atoms with Crippen LogP contribution in [0.25, 0.3) is 11.6 Å². The molecule has 78 valence electrons. The van der Waals surface area contributed by atoms with Crippen LogP contribution in [-0.4, -0.2) is 0 Å². The molecule has 1 aromatic rings. The molecule has 0 spiro atoms. The molecule has 0 bridgehead atoms. The maximum atomic E-state index is 3.46. The predicted octanol–water partition coefficient (Wildman–Crippen LogP) is 3.82. The van der Waals surface area contributed by atoms with Gasteiger partial charge in [-0.05, 0) is 39.2 Å². The summed E-state index contributed by atoms with van der Waals surface area (Å²) in [7, 11) is 0. The second-order valence-corrected chi connectivity index (χ2v) is 4.60. The van der Waals surface area contributed by atoms with Crippen molar-refractivity contribution in [2.24, 2.45) is 0 Å². The number of nitrogens with one attached hydrogen (secondary N) is 1. The van der Waals surface area contributed by atoms with E-state index in [9.17, 15) is 0 Å². The van der Waals surface area contributed by atoms with E-state index in [4.69, 9.17) is 0 Å². The minimum Gasteiger partial charge on any atom is -0.349 e. The average Bonchev–Trinajstić information content (AvgIpc) is 2.72. The van der Waals surface area contributed by atoms with Gasteiger partial charge in [0.05, 0.1) is 4.61 Å². The van der Waals surface area contributed by atoms with Crippen molar-refractivity contribution >= 4 is 27.6 Å². The lowest BCUT2D eigenvalue weighted by atomic mass is 10.0. The zero-order chi connectivity index (χ0) is 11.0. The lowest BCUT2D eigenvalue weighted by Gasteiger charge is -2.13. The van der Waals surface area contributed by atoms with Gasteiger partial charge in [0, 0.05) is 11.3 Å². The van der Waals surface area contributed by atoms with Gasteiger partial charge in [-0.2, -0.15) is 0 Å². The van der Waals surface area contributed by atoms with Gasteiger partial charge >= 0.3 is 0 Å². The lowest BCUT2D eigenvalue weighted by Crippen LogP contribution is -2.11. The second kappa shape index (κ2) is 3.80. The standard InChI is InChI=1S/C14H10BrN/c15-14-7-3-6-13(16-14)12-9-8-10-4-1-2-5-11(10)12/h1-9,16H. The van der Waals surface area contributed by atoms with Gasteiger partial charge in [-0.15, -0.1) is 0 Å². The van der Waals surface area contributed by atoms with Crippen molar-refractivity contribution in [1.82, 2.24) is 5.32 Å². The van der Waals surface area contributed by atoms with Gasteiger partial charge < -0.3 is 5.32 Å². The highest BCUT2D eigenvalue weighted by Crippen LogP contribution is 2.32. The van der Waals surface area contributed by atoms with E-state index >= 15 is 0 Å². The average molecular weight is 272 g/mol. The summed E-state index contributed by atoms with van der Waals surface area (Å²) in [6.07, 6.45) is 10.4. The first kappa shape index (κ1) is 9.67. The zero-order valence-corrected chi connectivity index (χ0v) is 10.2. The normalized spacial score (nSPS) is 21.7. The first-order chi connectivity index (χ1) is 7.84. The molecule has 1 nitrogen and oxygen atoms in total. The van der Waals surface area contributed by atoms with E-state index in [0.717, 1.165) is 10.3 Å². The van der Waals surface area contributed by atoms with Crippen LogP contribution in [0.5, 0.6) is 0 Å². The molecule has 0 unspecified atom stereocenters. The Balaban J connectivity index is 2.11. The van der Waals surface area contributed by atoms with Crippen molar-refractivity contribution in [3.05, 3.63) is 70.0 Å². The Morgan fingerprint density at radius 3 is 2.75 bits per heavy atom. The number of fused-ring (bicyclic) bond motifs is 1. The van der Waals surface area contributed by atoms with Gasteiger partial charge in [-0.1, -0.05) is 42.5 Å². The van der Waals surface area contributed by atoms with Crippen LogP contribution >= 0.6 is 15.9 Å². The van der Waals surface area contributed by atoms with Crippen molar-refractivity contribution in [1.29, 1.82) is 0 Å². The topological polar surface area (TPSA) is 12.0 Å². The van der Waals surface area contributed by atoms with Gasteiger partial charge in [0.25, 0.3) is 0 Å². The lowest BCUT2D eigenvalue weighted by molar-refractivity contribution is 1.09. The molecule has 0 fully saturated rings. The van der Waals surface area contributed by atoms with Crippen LogP contribution in [0, 0.1) is 0 Å². The van der Waals surface area contributed by atoms with Crippen LogP contribution in [0.4, 0.5) is 0 Å². The van der Waals surface area contributed by atoms with Gasteiger partial charge in [-0.3, -0.25) is 0 Å². The molecule has 1 aromatic carbocycles. The van der Waals surface area contributed by atoms with Crippen molar-refractivity contribution in [2.75, 3.05) is 0 Å². The summed E-state index contributed by atoms with van der Waals surface area (Å²) in [5.74, 6) is 0. The zero-order valence-electron chi connectivity index (χ0n) is 8.57. The van der Waals surface area contributed by atoms with E-state index in [1.165, 1.54) is 16.7 Å². The molecule has 1 aliphatic heterocycles. The summed E-state index contributed by atoms with van der Waals surface area (Å²) in [4.78, 5) is 0. The Hall–Kier alpha value is -1.54. The first-order valence-electron chi connectivity index (χ1n) is 5.17. The molecule has 0 aromatic heterocycles. The van der Waals surface area contributed by atoms with Crippen LogP contribution in [0.3, 0.4) is 0 Å². The van der Waals surface area contributed by atoms with Crippen LogP contribution in [0.2, 0.25) is 0 Å². The molecule has 1 heterocycles. The molecular weight excluding hydrogens is 262 g/mol. The first-order valence-corrected chi connectivity index (χ1v) is 5.96. The smallest absolute Gasteiger partial charge is 0.0824 e. The highest BCUT2D eigenvalue weighted by molar-refractivity contribution is 9.11. The minimum absolute atomic E-state index is 0.996. The SMILES string of the molecule is BrC1=CC=CC(=C2C=Cc3ccccc32)N1. The van der Waals surface area contributed by atoms with Crippen molar-refractivity contribution in [3.8, 4) is 0 Å². The molecule has 2 aliphatic rings. The minimum atomic E-state index is 0.996. The highest BCUT2D eigenvalue weighted by atomic mass is 79.9. The van der Waals surface area contributed by atoms with Crippen LogP contribution in [0.15, 0.2) is 58.9 Å². The van der Waals surface area contributed by atoms with Gasteiger partial charge in [-0.25, -0.2) is 0 Å². The number of dihydropyridines is 1. The summed E-state index contributed by atoms with van der Waals surface area (Å²) >= 11 is 3.46. The molecule has 3 rings (SSSR count). The fourth-order valence-electron chi connectivity index (χ4n) is 1.98. The third kappa shape index (κ3) is 1.55. The number of allylic oxidation sites excluding steroid dienone is 5. The Morgan fingerprint density at radius 2 is 1.88 bits per heavy atom. The van der Waals surface area contributed by atoms with E-state index < -0.39 is 0 Å². The summed E-state index contributed by atoms with van der Waals surface area (Å²) in [6, 6.07) is 8.43. The Kier molecular flexibility index (Phi) is 2.29. The Bertz CT molecular complexity index is 562. The third-order valence-corrected chi connectivity index (χ3v) is 3.19. The van der Waals surface area contributed by atoms with Crippen molar-refractivity contribution in [3.63, 3.8) is 0 Å². The largest absolute Gasteiger partial charge is 0.349 e. The summed E-state index contributed by atoms with van der Waals surface area (Å²) < 4.78 is 0.996. The van der Waals surface area contributed by atoms with Crippen LogP contribution < -0.4 is 5.32 Å². The maximum Gasteiger partial charge on any atom is 0.0824 e. The Labute approximate surface area is 103 Å².